The van der Waals surface area contributed by atoms with E-state index in [1.54, 1.807) is 28.4 Å². The van der Waals surface area contributed by atoms with Gasteiger partial charge in [0, 0.05) is 61.0 Å². The van der Waals surface area contributed by atoms with Gasteiger partial charge in [0.1, 0.15) is 23.0 Å². The molecule has 1 heterocycles. The number of hydrogen-bond acceptors (Lipinski definition) is 8. The number of fused-ring (bicyclic) bond motifs is 7. The molecule has 0 aliphatic heterocycles. The quantitative estimate of drug-likeness (QED) is 0.0681. The van der Waals surface area contributed by atoms with Gasteiger partial charge < -0.3 is 28.7 Å². The average molecular weight is 1300 g/mol. The first-order chi connectivity index (χ1) is 35.1. The summed E-state index contributed by atoms with van der Waals surface area (Å²) in [6.07, 6.45) is 0. The van der Waals surface area contributed by atoms with Crippen LogP contribution in [0.5, 0.6) is 23.0 Å². The number of hydrogen-bond donors (Lipinski definition) is 0. The highest BCUT2D eigenvalue weighted by Gasteiger charge is 2.21. The summed E-state index contributed by atoms with van der Waals surface area (Å²) in [6.45, 7) is 0. The SMILES string of the molecule is COc1ccc(N(c2ccc(OC)cc2)c2ccc(-c3cc4nc5c6cc(I)c(Br)cc6c6cc(Br)c(I)cc6c5nc4cc3-c3ccc(N(c4ccc(OC)cc4)c4ccc(OC)cc4)cc3)cc2)cc1. The van der Waals surface area contributed by atoms with Crippen LogP contribution in [0, 0.1) is 7.14 Å². The third-order valence-electron chi connectivity index (χ3n) is 12.9. The maximum atomic E-state index is 5.53. The Bertz CT molecular complexity index is 3480. The molecule has 72 heavy (non-hydrogen) atoms. The van der Waals surface area contributed by atoms with E-state index < -0.39 is 0 Å². The van der Waals surface area contributed by atoms with Crippen LogP contribution >= 0.6 is 77.0 Å². The number of ether oxygens (including phenoxy) is 4. The second kappa shape index (κ2) is 20.2. The van der Waals surface area contributed by atoms with E-state index in [-0.39, 0.29) is 0 Å². The fourth-order valence-corrected chi connectivity index (χ4v) is 10.9. The fourth-order valence-electron chi connectivity index (χ4n) is 9.29. The Morgan fingerprint density at radius 2 is 0.611 bits per heavy atom. The van der Waals surface area contributed by atoms with Crippen molar-refractivity contribution in [3.63, 3.8) is 0 Å². The van der Waals surface area contributed by atoms with E-state index in [2.05, 4.69) is 220 Å². The van der Waals surface area contributed by atoms with Gasteiger partial charge in [0.15, 0.2) is 0 Å². The molecule has 0 radical (unpaired) electrons. The predicted molar refractivity (Wildman–Crippen MR) is 319 cm³/mol. The molecule has 12 heteroatoms. The predicted octanol–water partition coefficient (Wildman–Crippen LogP) is 18.1. The molecule has 1 aromatic heterocycles. The zero-order chi connectivity index (χ0) is 49.6. The number of benzene rings is 10. The van der Waals surface area contributed by atoms with Gasteiger partial charge in [-0.05, 0) is 268 Å². The van der Waals surface area contributed by atoms with Crippen molar-refractivity contribution in [1.29, 1.82) is 0 Å². The lowest BCUT2D eigenvalue weighted by Gasteiger charge is -2.26. The number of methoxy groups -OCH3 is 4. The summed E-state index contributed by atoms with van der Waals surface area (Å²) in [5.41, 5.74) is 13.4. The van der Waals surface area contributed by atoms with Crippen LogP contribution in [0.1, 0.15) is 0 Å². The summed E-state index contributed by atoms with van der Waals surface area (Å²) < 4.78 is 26.4. The normalized spacial score (nSPS) is 11.3. The van der Waals surface area contributed by atoms with E-state index in [0.29, 0.717) is 0 Å². The zero-order valence-corrected chi connectivity index (χ0v) is 46.7. The number of nitrogens with zero attached hydrogens (tertiary/aromatic N) is 4. The smallest absolute Gasteiger partial charge is 0.119 e. The standard InChI is InChI=1S/C60H42Br2I2N4O4/c1-69-43-21-13-39(14-22-43)67(40-15-23-44(70-2)24-16-40)37-9-5-35(6-10-37)47-33-57-58(66-60-52-32-56(64)54(62)30-50(52)49-29-53(61)55(63)31-51(49)59(60)65-57)34-48(47)36-7-11-38(12-8-36)68(41-17-25-45(71-3)26-18-41)42-19-27-46(72-4)28-20-42/h5-34H,1-4H3. The Balaban J connectivity index is 1.10. The molecule has 0 fully saturated rings. The van der Waals surface area contributed by atoms with Crippen LogP contribution in [0.2, 0.25) is 0 Å². The Morgan fingerprint density at radius 3 is 0.875 bits per heavy atom. The summed E-state index contributed by atoms with van der Waals surface area (Å²) >= 11 is 12.4. The molecular weight excluding hydrogens is 1250 g/mol. The number of rotatable bonds is 12. The van der Waals surface area contributed by atoms with Gasteiger partial charge in [-0.25, -0.2) is 9.97 Å². The minimum absolute atomic E-state index is 0.789. The van der Waals surface area contributed by atoms with Crippen molar-refractivity contribution in [3.05, 3.63) is 198 Å². The third kappa shape index (κ3) is 9.07. The molecule has 10 aromatic carbocycles. The van der Waals surface area contributed by atoms with Crippen molar-refractivity contribution in [2.45, 2.75) is 0 Å². The molecule has 0 aliphatic carbocycles. The van der Waals surface area contributed by atoms with Gasteiger partial charge in [-0.2, -0.15) is 0 Å². The van der Waals surface area contributed by atoms with Crippen molar-refractivity contribution in [2.24, 2.45) is 0 Å². The van der Waals surface area contributed by atoms with Crippen LogP contribution in [0.4, 0.5) is 34.1 Å². The van der Waals surface area contributed by atoms with Crippen LogP contribution in [-0.2, 0) is 0 Å². The molecule has 0 unspecified atom stereocenters. The van der Waals surface area contributed by atoms with Crippen LogP contribution in [0.3, 0.4) is 0 Å². The molecule has 0 saturated heterocycles. The summed E-state index contributed by atoms with van der Waals surface area (Å²) in [6, 6.07) is 63.1. The van der Waals surface area contributed by atoms with Gasteiger partial charge in [-0.3, -0.25) is 0 Å². The van der Waals surface area contributed by atoms with Gasteiger partial charge in [0.05, 0.1) is 50.5 Å². The Kier molecular flexibility index (Phi) is 13.4. The molecular formula is C60H42Br2I2N4O4. The molecule has 0 bridgehead atoms. The maximum Gasteiger partial charge on any atom is 0.119 e. The van der Waals surface area contributed by atoms with E-state index in [0.717, 1.165) is 139 Å². The lowest BCUT2D eigenvalue weighted by Crippen LogP contribution is -2.10. The van der Waals surface area contributed by atoms with Crippen LogP contribution in [0.15, 0.2) is 191 Å². The zero-order valence-electron chi connectivity index (χ0n) is 39.3. The van der Waals surface area contributed by atoms with Gasteiger partial charge in [-0.15, -0.1) is 0 Å². The number of aromatic nitrogens is 2. The second-order valence-corrected chi connectivity index (χ2v) is 21.0. The average Bonchev–Trinajstić information content (AvgIpc) is 3.42. The lowest BCUT2D eigenvalue weighted by atomic mass is 9.93. The van der Waals surface area contributed by atoms with Crippen LogP contribution in [0.25, 0.3) is 65.9 Å². The van der Waals surface area contributed by atoms with Gasteiger partial charge >= 0.3 is 0 Å². The molecule has 0 N–H and O–H groups in total. The van der Waals surface area contributed by atoms with E-state index in [1.807, 2.05) is 48.5 Å². The first-order valence-corrected chi connectivity index (χ1v) is 26.6. The van der Waals surface area contributed by atoms with Gasteiger partial charge in [-0.1, -0.05) is 24.3 Å². The van der Waals surface area contributed by atoms with Crippen molar-refractivity contribution in [3.8, 4) is 45.3 Å². The van der Waals surface area contributed by atoms with E-state index >= 15 is 0 Å². The topological polar surface area (TPSA) is 69.2 Å². The molecule has 0 amide bonds. The van der Waals surface area contributed by atoms with Crippen molar-refractivity contribution in [2.75, 3.05) is 38.2 Å². The number of anilines is 6. The maximum absolute atomic E-state index is 5.53. The van der Waals surface area contributed by atoms with Crippen molar-refractivity contribution in [1.82, 2.24) is 9.97 Å². The molecule has 11 aromatic rings. The molecule has 0 spiro atoms. The highest BCUT2D eigenvalue weighted by molar-refractivity contribution is 14.1. The van der Waals surface area contributed by atoms with E-state index in [9.17, 15) is 0 Å². The van der Waals surface area contributed by atoms with Crippen molar-refractivity contribution < 1.29 is 18.9 Å². The van der Waals surface area contributed by atoms with Crippen LogP contribution in [-0.4, -0.2) is 38.4 Å². The van der Waals surface area contributed by atoms with Crippen LogP contribution < -0.4 is 28.7 Å². The highest BCUT2D eigenvalue weighted by Crippen LogP contribution is 2.44. The third-order valence-corrected chi connectivity index (χ3v) is 17.5. The fraction of sp³-hybridized carbons (Fsp3) is 0.0667. The summed E-state index contributed by atoms with van der Waals surface area (Å²) in [5.74, 6) is 3.16. The largest absolute Gasteiger partial charge is 0.497 e. The Labute approximate surface area is 461 Å². The number of halogens is 4. The van der Waals surface area contributed by atoms with Gasteiger partial charge in [0.25, 0.3) is 0 Å². The Morgan fingerprint density at radius 1 is 0.347 bits per heavy atom. The molecule has 354 valence electrons. The molecule has 0 atom stereocenters. The minimum Gasteiger partial charge on any atom is -0.497 e. The molecule has 0 saturated carbocycles. The van der Waals surface area contributed by atoms with E-state index in [4.69, 9.17) is 28.9 Å². The molecule has 0 aliphatic rings. The summed E-state index contributed by atoms with van der Waals surface area (Å²) in [7, 11) is 6.73. The summed E-state index contributed by atoms with van der Waals surface area (Å²) in [4.78, 5) is 15.5. The second-order valence-electron chi connectivity index (χ2n) is 17.0. The summed E-state index contributed by atoms with van der Waals surface area (Å²) in [5, 5.41) is 4.32. The Hall–Kier alpha value is -6.46. The lowest BCUT2D eigenvalue weighted by molar-refractivity contribution is 0.414. The first-order valence-electron chi connectivity index (χ1n) is 22.8. The monoisotopic (exact) mass is 1290 g/mol. The first kappa shape index (κ1) is 47.8. The van der Waals surface area contributed by atoms with Crippen molar-refractivity contribution >= 4 is 155 Å². The van der Waals surface area contributed by atoms with E-state index in [1.165, 1.54) is 0 Å². The molecule has 11 rings (SSSR count). The molecule has 8 nitrogen and oxygen atoms in total. The highest BCUT2D eigenvalue weighted by atomic mass is 127. The van der Waals surface area contributed by atoms with Gasteiger partial charge in [0.2, 0.25) is 0 Å². The minimum atomic E-state index is 0.789.